The van der Waals surface area contributed by atoms with Crippen molar-refractivity contribution in [2.75, 3.05) is 13.4 Å². The van der Waals surface area contributed by atoms with Crippen molar-refractivity contribution in [2.24, 2.45) is 0 Å². The number of carbonyl (C=O) groups is 3. The van der Waals surface area contributed by atoms with Gasteiger partial charge < -0.3 is 4.74 Å². The number of ether oxygens (including phenoxy) is 1. The molecule has 0 saturated carbocycles. The first-order valence-electron chi connectivity index (χ1n) is 7.29. The van der Waals surface area contributed by atoms with Crippen molar-refractivity contribution in [3.63, 3.8) is 0 Å². The number of rotatable bonds is 6. The van der Waals surface area contributed by atoms with Crippen molar-refractivity contribution in [2.45, 2.75) is 46.1 Å². The minimum Gasteiger partial charge on any atom is -0.467 e. The maximum atomic E-state index is 12.4. The Labute approximate surface area is 141 Å². The first-order valence-corrected chi connectivity index (χ1v) is 9.11. The van der Waals surface area contributed by atoms with E-state index in [2.05, 4.69) is 4.74 Å². The Morgan fingerprint density at radius 3 is 2.00 bits per heavy atom. The number of Topliss-reactive ketones (excluding diaryl/α,β-unsaturated/α-hetero) is 2. The van der Waals surface area contributed by atoms with Gasteiger partial charge in [0.25, 0.3) is 10.1 Å². The largest absolute Gasteiger partial charge is 0.467 e. The van der Waals surface area contributed by atoms with E-state index >= 15 is 0 Å². The van der Waals surface area contributed by atoms with Crippen LogP contribution in [0.3, 0.4) is 0 Å². The molecule has 1 rings (SSSR count). The first kappa shape index (κ1) is 20.2. The maximum Gasteiger partial charge on any atom is 0.339 e. The van der Waals surface area contributed by atoms with E-state index in [1.54, 1.807) is 20.8 Å². The molecule has 0 aliphatic heterocycles. The zero-order chi connectivity index (χ0) is 18.9. The third-order valence-corrected chi connectivity index (χ3v) is 4.79. The van der Waals surface area contributed by atoms with E-state index < -0.39 is 21.7 Å². The Hall–Kier alpha value is -1.80. The summed E-state index contributed by atoms with van der Waals surface area (Å²) in [7, 11) is -2.81. The van der Waals surface area contributed by atoms with E-state index in [4.69, 9.17) is 4.18 Å². The fourth-order valence-electron chi connectivity index (χ4n) is 2.55. The van der Waals surface area contributed by atoms with E-state index in [0.717, 1.165) is 13.4 Å². The van der Waals surface area contributed by atoms with Gasteiger partial charge in [-0.05, 0) is 40.5 Å². The zero-order valence-corrected chi connectivity index (χ0v) is 15.5. The summed E-state index contributed by atoms with van der Waals surface area (Å²) < 4.78 is 32.3. The molecular weight excluding hydrogens is 336 g/mol. The van der Waals surface area contributed by atoms with Crippen molar-refractivity contribution in [3.8, 4) is 0 Å². The van der Waals surface area contributed by atoms with Crippen LogP contribution in [0, 0.1) is 0 Å². The van der Waals surface area contributed by atoms with Gasteiger partial charge in [0.1, 0.15) is 0 Å². The van der Waals surface area contributed by atoms with Crippen molar-refractivity contribution < 1.29 is 31.7 Å². The number of hydrogen-bond donors (Lipinski definition) is 0. The average molecular weight is 358 g/mol. The quantitative estimate of drug-likeness (QED) is 0.402. The van der Waals surface area contributed by atoms with Gasteiger partial charge in [0.15, 0.2) is 17.2 Å². The average Bonchev–Trinajstić information content (AvgIpc) is 2.48. The number of carbonyl (C=O) groups excluding carboxylic acids is 3. The van der Waals surface area contributed by atoms with Crippen LogP contribution in [0.4, 0.5) is 0 Å². The van der Waals surface area contributed by atoms with Gasteiger partial charge in [0, 0.05) is 22.3 Å². The van der Waals surface area contributed by atoms with E-state index in [-0.39, 0.29) is 30.0 Å². The number of allylic oxidation sites excluding steroid dienone is 4. The molecule has 0 saturated heterocycles. The lowest BCUT2D eigenvalue weighted by Crippen LogP contribution is -2.41. The van der Waals surface area contributed by atoms with Crippen LogP contribution >= 0.6 is 0 Å². The molecule has 7 nitrogen and oxygen atoms in total. The maximum absolute atomic E-state index is 12.4. The predicted octanol–water partition coefficient (Wildman–Crippen LogP) is 1.48. The Morgan fingerprint density at radius 2 is 1.54 bits per heavy atom. The van der Waals surface area contributed by atoms with E-state index in [9.17, 15) is 22.8 Å². The van der Waals surface area contributed by atoms with Gasteiger partial charge in [-0.15, -0.1) is 0 Å². The van der Waals surface area contributed by atoms with Gasteiger partial charge >= 0.3 is 5.97 Å². The summed E-state index contributed by atoms with van der Waals surface area (Å²) in [6.07, 6.45) is 0.719. The first-order chi connectivity index (χ1) is 10.8. The van der Waals surface area contributed by atoms with Gasteiger partial charge in [0.05, 0.1) is 13.4 Å². The normalized spacial score (nSPS) is 18.8. The Morgan fingerprint density at radius 1 is 1.04 bits per heavy atom. The molecule has 1 aliphatic carbocycles. The van der Waals surface area contributed by atoms with Gasteiger partial charge in [-0.2, -0.15) is 8.42 Å². The van der Waals surface area contributed by atoms with Crippen LogP contribution in [-0.4, -0.2) is 44.9 Å². The fraction of sp³-hybridized carbons (Fsp3) is 0.562. The van der Waals surface area contributed by atoms with Crippen LogP contribution in [0.15, 0.2) is 22.3 Å². The molecule has 0 spiro atoms. The molecule has 0 aromatic rings. The number of hydrogen-bond acceptors (Lipinski definition) is 7. The lowest BCUT2D eigenvalue weighted by atomic mass is 9.82. The molecule has 8 heteroatoms. The monoisotopic (exact) mass is 358 g/mol. The van der Waals surface area contributed by atoms with E-state index in [0.29, 0.717) is 16.7 Å². The lowest BCUT2D eigenvalue weighted by molar-refractivity contribution is -0.157. The molecular formula is C16H22O7S. The molecule has 0 bridgehead atoms. The number of ketones is 2. The van der Waals surface area contributed by atoms with Gasteiger partial charge in [-0.1, -0.05) is 0 Å². The van der Waals surface area contributed by atoms with E-state index in [1.807, 2.05) is 0 Å². The van der Waals surface area contributed by atoms with Crippen molar-refractivity contribution in [1.82, 2.24) is 0 Å². The topological polar surface area (TPSA) is 104 Å². The highest BCUT2D eigenvalue weighted by molar-refractivity contribution is 7.86. The Kier molecular flexibility index (Phi) is 5.89. The lowest BCUT2D eigenvalue weighted by Gasteiger charge is -2.27. The van der Waals surface area contributed by atoms with Crippen LogP contribution in [0.1, 0.15) is 40.5 Å². The molecule has 0 heterocycles. The van der Waals surface area contributed by atoms with E-state index in [1.165, 1.54) is 6.92 Å². The van der Waals surface area contributed by atoms with Crippen molar-refractivity contribution >= 4 is 27.7 Å². The highest BCUT2D eigenvalue weighted by atomic mass is 32.2. The molecule has 0 fully saturated rings. The summed E-state index contributed by atoms with van der Waals surface area (Å²) in [5.41, 5.74) is -0.470. The fourth-order valence-corrected chi connectivity index (χ4v) is 3.37. The summed E-state index contributed by atoms with van der Waals surface area (Å²) in [6.45, 7) is 5.97. The summed E-state index contributed by atoms with van der Waals surface area (Å²) in [5, 5.41) is 0. The number of methoxy groups -OCH3 is 1. The summed E-state index contributed by atoms with van der Waals surface area (Å²) in [5.74, 6) is -1.38. The summed E-state index contributed by atoms with van der Waals surface area (Å²) >= 11 is 0. The third kappa shape index (κ3) is 4.18. The molecule has 0 radical (unpaired) electrons. The number of esters is 1. The standard InChI is InChI=1S/C16H22O7S/c1-9-10(2)14(18)12(11(3)13(9)17)7-8-16(4,15(19)22-5)23-24(6,20)21/h7-8H2,1-6H3. The van der Waals surface area contributed by atoms with Crippen molar-refractivity contribution in [3.05, 3.63) is 22.3 Å². The molecule has 24 heavy (non-hydrogen) atoms. The molecule has 0 N–H and O–H groups in total. The minimum absolute atomic E-state index is 0.0160. The molecule has 1 atom stereocenters. The Balaban J connectivity index is 3.13. The highest BCUT2D eigenvalue weighted by Crippen LogP contribution is 2.31. The molecule has 1 unspecified atom stereocenters. The third-order valence-electron chi connectivity index (χ3n) is 4.12. The molecule has 0 amide bonds. The SMILES string of the molecule is COC(=O)C(C)(CCC1=C(C)C(=O)C(C)=C(C)C1=O)OS(C)(=O)=O. The second-order valence-electron chi connectivity index (χ2n) is 6.02. The van der Waals surface area contributed by atoms with Crippen LogP contribution in [0.5, 0.6) is 0 Å². The predicted molar refractivity (Wildman–Crippen MR) is 86.7 cm³/mol. The van der Waals surface area contributed by atoms with Gasteiger partial charge in [0.2, 0.25) is 0 Å². The molecule has 0 aromatic carbocycles. The molecule has 134 valence electrons. The molecule has 0 aromatic heterocycles. The minimum atomic E-state index is -3.93. The van der Waals surface area contributed by atoms with Crippen molar-refractivity contribution in [1.29, 1.82) is 0 Å². The zero-order valence-electron chi connectivity index (χ0n) is 14.7. The molecule has 1 aliphatic rings. The smallest absolute Gasteiger partial charge is 0.339 e. The van der Waals surface area contributed by atoms with Crippen LogP contribution in [0.2, 0.25) is 0 Å². The van der Waals surface area contributed by atoms with Gasteiger partial charge in [-0.3, -0.25) is 13.8 Å². The highest BCUT2D eigenvalue weighted by Gasteiger charge is 2.40. The summed E-state index contributed by atoms with van der Waals surface area (Å²) in [6, 6.07) is 0. The van der Waals surface area contributed by atoms with Gasteiger partial charge in [-0.25, -0.2) is 4.79 Å². The van der Waals surface area contributed by atoms with Crippen LogP contribution in [0.25, 0.3) is 0 Å². The summed E-state index contributed by atoms with van der Waals surface area (Å²) in [4.78, 5) is 36.5. The second-order valence-corrected chi connectivity index (χ2v) is 7.60. The van der Waals surface area contributed by atoms with Crippen LogP contribution in [-0.2, 0) is 33.4 Å². The second kappa shape index (κ2) is 6.98. The van der Waals surface area contributed by atoms with Crippen LogP contribution < -0.4 is 0 Å². The Bertz CT molecular complexity index is 755.